The van der Waals surface area contributed by atoms with Crippen molar-refractivity contribution in [2.24, 2.45) is 0 Å². The molecule has 0 aliphatic heterocycles. The molecule has 1 amide bonds. The Balaban J connectivity index is 1.95. The van der Waals surface area contributed by atoms with Crippen LogP contribution in [0.25, 0.3) is 0 Å². The molecule has 0 saturated carbocycles. The van der Waals surface area contributed by atoms with Crippen LogP contribution in [-0.2, 0) is 9.53 Å². The van der Waals surface area contributed by atoms with E-state index in [0.29, 0.717) is 25.8 Å². The maximum atomic E-state index is 12.0. The van der Waals surface area contributed by atoms with E-state index in [-0.39, 0.29) is 19.1 Å². The number of carbonyl (C=O) groups is 2. The van der Waals surface area contributed by atoms with Gasteiger partial charge in [0, 0.05) is 5.02 Å². The number of esters is 1. The van der Waals surface area contributed by atoms with E-state index < -0.39 is 5.97 Å². The van der Waals surface area contributed by atoms with Gasteiger partial charge >= 0.3 is 5.97 Å². The van der Waals surface area contributed by atoms with Crippen LogP contribution >= 0.6 is 38.9 Å². The van der Waals surface area contributed by atoms with Gasteiger partial charge in [-0.3, -0.25) is 4.79 Å². The van der Waals surface area contributed by atoms with Gasteiger partial charge in [-0.25, -0.2) is 4.79 Å². The summed E-state index contributed by atoms with van der Waals surface area (Å²) < 4.78 is 11.0. The van der Waals surface area contributed by atoms with Crippen LogP contribution in [0.3, 0.4) is 0 Å². The van der Waals surface area contributed by atoms with Crippen LogP contribution in [0.15, 0.2) is 34.1 Å². The lowest BCUT2D eigenvalue weighted by Gasteiger charge is -2.09. The van der Waals surface area contributed by atoms with Crippen molar-refractivity contribution < 1.29 is 19.1 Å². The second kappa shape index (κ2) is 8.33. The van der Waals surface area contributed by atoms with Gasteiger partial charge in [0.15, 0.2) is 6.61 Å². The van der Waals surface area contributed by atoms with Crippen LogP contribution in [0.2, 0.25) is 5.02 Å². The zero-order valence-corrected chi connectivity index (χ0v) is 15.3. The van der Waals surface area contributed by atoms with E-state index in [1.807, 2.05) is 0 Å². The maximum absolute atomic E-state index is 12.0. The van der Waals surface area contributed by atoms with E-state index in [9.17, 15) is 9.59 Å². The molecule has 122 valence electrons. The van der Waals surface area contributed by atoms with Crippen molar-refractivity contribution in [1.82, 2.24) is 0 Å². The third-order valence-electron chi connectivity index (χ3n) is 2.67. The Kier molecular flexibility index (Phi) is 6.44. The van der Waals surface area contributed by atoms with Crippen molar-refractivity contribution in [1.29, 1.82) is 0 Å². The third kappa shape index (κ3) is 4.95. The normalized spacial score (nSPS) is 10.2. The maximum Gasteiger partial charge on any atom is 0.341 e. The SMILES string of the molecule is CCOC(=O)c1ccsc1NC(=O)COc1ccc(Cl)cc1Br. The van der Waals surface area contributed by atoms with Crippen LogP contribution in [-0.4, -0.2) is 25.1 Å². The molecule has 0 spiro atoms. The molecular formula is C15H13BrClNO4S. The molecule has 0 saturated heterocycles. The molecule has 23 heavy (non-hydrogen) atoms. The first-order valence-corrected chi connectivity index (χ1v) is 8.68. The minimum atomic E-state index is -0.467. The molecule has 0 unspecified atom stereocenters. The van der Waals surface area contributed by atoms with E-state index in [2.05, 4.69) is 21.2 Å². The highest BCUT2D eigenvalue weighted by atomic mass is 79.9. The lowest BCUT2D eigenvalue weighted by Crippen LogP contribution is -2.21. The monoisotopic (exact) mass is 417 g/mol. The molecular weight excluding hydrogens is 406 g/mol. The molecule has 0 bridgehead atoms. The van der Waals surface area contributed by atoms with Crippen molar-refractivity contribution in [3.63, 3.8) is 0 Å². The first-order valence-electron chi connectivity index (χ1n) is 6.63. The van der Waals surface area contributed by atoms with Crippen LogP contribution in [0.1, 0.15) is 17.3 Å². The number of benzene rings is 1. The highest BCUT2D eigenvalue weighted by molar-refractivity contribution is 9.10. The quantitative estimate of drug-likeness (QED) is 0.708. The van der Waals surface area contributed by atoms with Gasteiger partial charge in [-0.2, -0.15) is 0 Å². The topological polar surface area (TPSA) is 64.6 Å². The number of amides is 1. The summed E-state index contributed by atoms with van der Waals surface area (Å²) in [5.41, 5.74) is 0.331. The summed E-state index contributed by atoms with van der Waals surface area (Å²) >= 11 is 10.4. The van der Waals surface area contributed by atoms with Gasteiger partial charge in [-0.15, -0.1) is 11.3 Å². The van der Waals surface area contributed by atoms with Crippen molar-refractivity contribution in [2.75, 3.05) is 18.5 Å². The lowest BCUT2D eigenvalue weighted by molar-refractivity contribution is -0.118. The molecule has 8 heteroatoms. The largest absolute Gasteiger partial charge is 0.483 e. The number of ether oxygens (including phenoxy) is 2. The molecule has 0 radical (unpaired) electrons. The highest BCUT2D eigenvalue weighted by Gasteiger charge is 2.16. The van der Waals surface area contributed by atoms with Gasteiger partial charge in [-0.05, 0) is 52.5 Å². The Morgan fingerprint density at radius 3 is 2.83 bits per heavy atom. The van der Waals surface area contributed by atoms with E-state index >= 15 is 0 Å². The first kappa shape index (κ1) is 17.8. The predicted octanol–water partition coefficient (Wildman–Crippen LogP) is 4.36. The Morgan fingerprint density at radius 1 is 1.35 bits per heavy atom. The predicted molar refractivity (Wildman–Crippen MR) is 93.6 cm³/mol. The number of halogens is 2. The fourth-order valence-electron chi connectivity index (χ4n) is 1.67. The van der Waals surface area contributed by atoms with Crippen LogP contribution in [0, 0.1) is 0 Å². The molecule has 1 aromatic carbocycles. The molecule has 0 aliphatic rings. The molecule has 2 rings (SSSR count). The summed E-state index contributed by atoms with van der Waals surface area (Å²) in [4.78, 5) is 23.7. The zero-order chi connectivity index (χ0) is 16.8. The smallest absolute Gasteiger partial charge is 0.341 e. The summed E-state index contributed by atoms with van der Waals surface area (Å²) in [7, 11) is 0. The van der Waals surface area contributed by atoms with Gasteiger partial charge < -0.3 is 14.8 Å². The third-order valence-corrected chi connectivity index (χ3v) is 4.35. The molecule has 2 aromatic rings. The van der Waals surface area contributed by atoms with Crippen molar-refractivity contribution in [3.8, 4) is 5.75 Å². The number of nitrogens with one attached hydrogen (secondary N) is 1. The standard InChI is InChI=1S/C15H13BrClNO4S/c1-2-21-15(20)10-5-6-23-14(10)18-13(19)8-22-12-4-3-9(17)7-11(12)16/h3-7H,2,8H2,1H3,(H,18,19). The van der Waals surface area contributed by atoms with E-state index in [1.54, 1.807) is 36.6 Å². The number of thiophene rings is 1. The molecule has 1 heterocycles. The van der Waals surface area contributed by atoms with Crippen molar-refractivity contribution in [2.45, 2.75) is 6.92 Å². The minimum absolute atomic E-state index is 0.194. The Hall–Kier alpha value is -1.57. The molecule has 1 aromatic heterocycles. The second-order valence-electron chi connectivity index (χ2n) is 4.30. The van der Waals surface area contributed by atoms with Crippen LogP contribution in [0.5, 0.6) is 5.75 Å². The number of carbonyl (C=O) groups excluding carboxylic acids is 2. The van der Waals surface area contributed by atoms with E-state index in [1.165, 1.54) is 11.3 Å². The Morgan fingerprint density at radius 2 is 2.13 bits per heavy atom. The molecule has 0 atom stereocenters. The van der Waals surface area contributed by atoms with E-state index in [0.717, 1.165) is 0 Å². The van der Waals surface area contributed by atoms with Crippen LogP contribution < -0.4 is 10.1 Å². The van der Waals surface area contributed by atoms with Gasteiger partial charge in [0.05, 0.1) is 16.6 Å². The molecule has 0 aliphatic carbocycles. The van der Waals surface area contributed by atoms with Crippen LogP contribution in [0.4, 0.5) is 5.00 Å². The summed E-state index contributed by atoms with van der Waals surface area (Å²) in [6.07, 6.45) is 0. The van der Waals surface area contributed by atoms with Gasteiger partial charge in [-0.1, -0.05) is 11.6 Å². The van der Waals surface area contributed by atoms with Gasteiger partial charge in [0.1, 0.15) is 10.8 Å². The summed E-state index contributed by atoms with van der Waals surface area (Å²) in [5.74, 6) is -0.341. The minimum Gasteiger partial charge on any atom is -0.483 e. The molecule has 1 N–H and O–H groups in total. The Labute approximate surface area is 150 Å². The van der Waals surface area contributed by atoms with Crippen molar-refractivity contribution >= 4 is 55.7 Å². The number of rotatable bonds is 6. The number of hydrogen-bond donors (Lipinski definition) is 1. The number of hydrogen-bond acceptors (Lipinski definition) is 5. The summed E-state index contributed by atoms with van der Waals surface area (Å²) in [6, 6.07) is 6.61. The molecule has 5 nitrogen and oxygen atoms in total. The number of anilines is 1. The van der Waals surface area contributed by atoms with Gasteiger partial charge in [0.2, 0.25) is 0 Å². The first-order chi connectivity index (χ1) is 11.0. The van der Waals surface area contributed by atoms with Gasteiger partial charge in [0.25, 0.3) is 5.91 Å². The van der Waals surface area contributed by atoms with Crippen molar-refractivity contribution in [3.05, 3.63) is 44.7 Å². The average Bonchev–Trinajstić information content (AvgIpc) is 2.94. The van der Waals surface area contributed by atoms with E-state index in [4.69, 9.17) is 21.1 Å². The Bertz CT molecular complexity index is 719. The summed E-state index contributed by atoms with van der Waals surface area (Å²) in [6.45, 7) is 1.80. The highest BCUT2D eigenvalue weighted by Crippen LogP contribution is 2.28. The fraction of sp³-hybridized carbons (Fsp3) is 0.200. The second-order valence-corrected chi connectivity index (χ2v) is 6.50. The average molecular weight is 419 g/mol. The zero-order valence-electron chi connectivity index (χ0n) is 12.1. The fourth-order valence-corrected chi connectivity index (χ4v) is 3.26. The lowest BCUT2D eigenvalue weighted by atomic mass is 10.3. The molecule has 0 fully saturated rings. The summed E-state index contributed by atoms with van der Waals surface area (Å²) in [5, 5.41) is 5.35.